The van der Waals surface area contributed by atoms with E-state index in [4.69, 9.17) is 13.9 Å². The zero-order chi connectivity index (χ0) is 20.4. The average Bonchev–Trinajstić information content (AvgIpc) is 2.59. The summed E-state index contributed by atoms with van der Waals surface area (Å²) in [5.41, 5.74) is 0. The smallest absolute Gasteiger partial charge is 0.309 e. The molecule has 0 aromatic heterocycles. The SMILES string of the molecule is CCOC(=O)C1CC=CC2C[C@H](C(=O)OC)C[C@H](O[Si](C)(C)C(C)(C)C)C21. The van der Waals surface area contributed by atoms with E-state index in [-0.39, 0.29) is 46.8 Å². The Balaban J connectivity index is 2.35. The van der Waals surface area contributed by atoms with Crippen LogP contribution in [0.1, 0.15) is 47.0 Å². The number of rotatable bonds is 5. The highest BCUT2D eigenvalue weighted by Gasteiger charge is 2.50. The minimum Gasteiger partial charge on any atom is -0.469 e. The number of ether oxygens (including phenoxy) is 2. The quantitative estimate of drug-likeness (QED) is 0.393. The molecule has 0 spiro atoms. The Morgan fingerprint density at radius 2 is 1.81 bits per heavy atom. The van der Waals surface area contributed by atoms with Crippen LogP contribution < -0.4 is 0 Å². The second-order valence-electron chi connectivity index (χ2n) is 9.37. The van der Waals surface area contributed by atoms with Crippen molar-refractivity contribution < 1.29 is 23.5 Å². The van der Waals surface area contributed by atoms with E-state index in [1.54, 1.807) is 0 Å². The van der Waals surface area contributed by atoms with Gasteiger partial charge >= 0.3 is 11.9 Å². The van der Waals surface area contributed by atoms with Crippen LogP contribution in [0.5, 0.6) is 0 Å². The van der Waals surface area contributed by atoms with Crippen molar-refractivity contribution in [2.24, 2.45) is 23.7 Å². The molecule has 1 saturated carbocycles. The molecule has 6 heteroatoms. The Bertz CT molecular complexity index is 578. The van der Waals surface area contributed by atoms with Gasteiger partial charge in [0.2, 0.25) is 0 Å². The number of carbonyl (C=O) groups excluding carboxylic acids is 2. The molecule has 2 aliphatic rings. The number of methoxy groups -OCH3 is 1. The van der Waals surface area contributed by atoms with Gasteiger partial charge in [-0.15, -0.1) is 0 Å². The van der Waals surface area contributed by atoms with Crippen LogP contribution >= 0.6 is 0 Å². The van der Waals surface area contributed by atoms with E-state index >= 15 is 0 Å². The van der Waals surface area contributed by atoms with Crippen molar-refractivity contribution in [2.75, 3.05) is 13.7 Å². The third-order valence-electron chi connectivity index (χ3n) is 6.61. The molecule has 1 fully saturated rings. The maximum Gasteiger partial charge on any atom is 0.309 e. The minimum atomic E-state index is -2.05. The van der Waals surface area contributed by atoms with Crippen LogP contribution in [0.25, 0.3) is 0 Å². The summed E-state index contributed by atoms with van der Waals surface area (Å²) in [5.74, 6) is -0.504. The largest absolute Gasteiger partial charge is 0.469 e. The summed E-state index contributed by atoms with van der Waals surface area (Å²) in [5, 5.41) is 0.0602. The molecule has 0 N–H and O–H groups in total. The lowest BCUT2D eigenvalue weighted by Crippen LogP contribution is -2.53. The number of allylic oxidation sites excluding steroid dienone is 2. The molecule has 0 bridgehead atoms. The molecule has 0 amide bonds. The predicted octanol–water partition coefficient (Wildman–Crippen LogP) is 4.33. The van der Waals surface area contributed by atoms with Crippen LogP contribution in [-0.4, -0.2) is 40.1 Å². The second kappa shape index (κ2) is 8.48. The van der Waals surface area contributed by atoms with E-state index < -0.39 is 8.32 Å². The van der Waals surface area contributed by atoms with Crippen LogP contribution in [0.2, 0.25) is 18.1 Å². The van der Waals surface area contributed by atoms with Crippen LogP contribution in [0, 0.1) is 23.7 Å². The number of carbonyl (C=O) groups is 2. The van der Waals surface area contributed by atoms with E-state index in [0.717, 1.165) is 0 Å². The fraction of sp³-hybridized carbons (Fsp3) is 0.810. The van der Waals surface area contributed by atoms with Gasteiger partial charge in [0.1, 0.15) is 0 Å². The first-order valence-corrected chi connectivity index (χ1v) is 13.0. The molecule has 3 unspecified atom stereocenters. The molecular weight excluding hydrogens is 360 g/mol. The van der Waals surface area contributed by atoms with Gasteiger partial charge in [0.15, 0.2) is 8.32 Å². The molecule has 5 atom stereocenters. The topological polar surface area (TPSA) is 61.8 Å². The van der Waals surface area contributed by atoms with Crippen molar-refractivity contribution in [2.45, 2.75) is 71.2 Å². The van der Waals surface area contributed by atoms with E-state index in [9.17, 15) is 9.59 Å². The molecule has 2 rings (SSSR count). The maximum atomic E-state index is 12.6. The molecule has 0 heterocycles. The molecule has 0 aromatic carbocycles. The highest BCUT2D eigenvalue weighted by Crippen LogP contribution is 2.48. The Morgan fingerprint density at radius 1 is 1.15 bits per heavy atom. The van der Waals surface area contributed by atoms with Gasteiger partial charge in [-0.1, -0.05) is 32.9 Å². The number of fused-ring (bicyclic) bond motifs is 1. The van der Waals surface area contributed by atoms with Crippen LogP contribution in [0.4, 0.5) is 0 Å². The van der Waals surface area contributed by atoms with Crippen molar-refractivity contribution in [3.63, 3.8) is 0 Å². The number of hydrogen-bond acceptors (Lipinski definition) is 5. The average molecular weight is 397 g/mol. The number of esters is 2. The highest BCUT2D eigenvalue weighted by atomic mass is 28.4. The lowest BCUT2D eigenvalue weighted by atomic mass is 9.64. The first-order valence-electron chi connectivity index (χ1n) is 10.1. The molecule has 0 radical (unpaired) electrons. The van der Waals surface area contributed by atoms with E-state index in [0.29, 0.717) is 25.9 Å². The first kappa shape index (κ1) is 22.1. The monoisotopic (exact) mass is 396 g/mol. The number of hydrogen-bond donors (Lipinski definition) is 0. The second-order valence-corrected chi connectivity index (χ2v) is 14.1. The Labute approximate surface area is 165 Å². The Hall–Kier alpha value is -1.14. The van der Waals surface area contributed by atoms with Gasteiger partial charge in [-0.3, -0.25) is 9.59 Å². The van der Waals surface area contributed by atoms with Gasteiger partial charge in [0, 0.05) is 5.92 Å². The highest BCUT2D eigenvalue weighted by molar-refractivity contribution is 6.74. The fourth-order valence-corrected chi connectivity index (χ4v) is 5.52. The third-order valence-corrected chi connectivity index (χ3v) is 11.1. The molecule has 5 nitrogen and oxygen atoms in total. The minimum absolute atomic E-state index is 0.0593. The normalized spacial score (nSPS) is 31.1. The fourth-order valence-electron chi connectivity index (χ4n) is 4.16. The van der Waals surface area contributed by atoms with Gasteiger partial charge in [-0.2, -0.15) is 0 Å². The van der Waals surface area contributed by atoms with E-state index in [1.807, 2.05) is 6.92 Å². The van der Waals surface area contributed by atoms with Gasteiger partial charge in [-0.05, 0) is 50.2 Å². The molecule has 27 heavy (non-hydrogen) atoms. The van der Waals surface area contributed by atoms with Gasteiger partial charge in [0.05, 0.1) is 31.7 Å². The summed E-state index contributed by atoms with van der Waals surface area (Å²) in [7, 11) is -0.614. The summed E-state index contributed by atoms with van der Waals surface area (Å²) in [4.78, 5) is 24.9. The standard InChI is InChI=1S/C21H36O5Si/c1-8-25-20(23)16-11-9-10-14-12-15(19(22)24-5)13-17(18(14)16)26-27(6,7)21(2,3)4/h9-10,14-18H,8,11-13H2,1-7H3/t14?,15-,16?,17-,18?/m0/s1. The molecule has 2 aliphatic carbocycles. The van der Waals surface area contributed by atoms with Gasteiger partial charge in [-0.25, -0.2) is 0 Å². The summed E-state index contributed by atoms with van der Waals surface area (Å²) >= 11 is 0. The maximum absolute atomic E-state index is 12.6. The summed E-state index contributed by atoms with van der Waals surface area (Å²) in [6.07, 6.45) is 6.10. The van der Waals surface area contributed by atoms with Crippen molar-refractivity contribution in [1.29, 1.82) is 0 Å². The Morgan fingerprint density at radius 3 is 2.37 bits per heavy atom. The zero-order valence-corrected chi connectivity index (χ0v) is 18.9. The lowest BCUT2D eigenvalue weighted by Gasteiger charge is -2.49. The summed E-state index contributed by atoms with van der Waals surface area (Å²) in [6, 6.07) is 0. The summed E-state index contributed by atoms with van der Waals surface area (Å²) in [6.45, 7) is 13.3. The molecular formula is C21H36O5Si. The predicted molar refractivity (Wildman–Crippen MR) is 108 cm³/mol. The molecule has 0 aliphatic heterocycles. The van der Waals surface area contributed by atoms with E-state index in [2.05, 4.69) is 46.0 Å². The third kappa shape index (κ3) is 4.83. The van der Waals surface area contributed by atoms with Crippen LogP contribution in [0.15, 0.2) is 12.2 Å². The van der Waals surface area contributed by atoms with Gasteiger partial charge < -0.3 is 13.9 Å². The van der Waals surface area contributed by atoms with Crippen molar-refractivity contribution in [3.05, 3.63) is 12.2 Å². The lowest BCUT2D eigenvalue weighted by molar-refractivity contribution is -0.157. The summed E-state index contributed by atoms with van der Waals surface area (Å²) < 4.78 is 17.2. The van der Waals surface area contributed by atoms with Crippen LogP contribution in [-0.2, 0) is 23.5 Å². The van der Waals surface area contributed by atoms with Crippen molar-refractivity contribution in [3.8, 4) is 0 Å². The van der Waals surface area contributed by atoms with Gasteiger partial charge in [0.25, 0.3) is 0 Å². The van der Waals surface area contributed by atoms with Crippen molar-refractivity contribution in [1.82, 2.24) is 0 Å². The zero-order valence-electron chi connectivity index (χ0n) is 17.9. The Kier molecular flexibility index (Phi) is 6.95. The van der Waals surface area contributed by atoms with Crippen molar-refractivity contribution >= 4 is 20.3 Å². The van der Waals surface area contributed by atoms with Crippen LogP contribution in [0.3, 0.4) is 0 Å². The van der Waals surface area contributed by atoms with E-state index in [1.165, 1.54) is 7.11 Å². The molecule has 0 saturated heterocycles. The molecule has 0 aromatic rings. The first-order chi connectivity index (χ1) is 12.5. The molecule has 154 valence electrons.